The van der Waals surface area contributed by atoms with Crippen LogP contribution < -0.4 is 11.1 Å². The molecule has 5 heteroatoms. The highest BCUT2D eigenvalue weighted by molar-refractivity contribution is 5.78. The fraction of sp³-hybridized carbons (Fsp3) is 0.917. The molecule has 1 heterocycles. The second-order valence-corrected chi connectivity index (χ2v) is 5.47. The van der Waals surface area contributed by atoms with E-state index in [1.54, 1.807) is 0 Å². The third-order valence-electron chi connectivity index (χ3n) is 3.90. The Balaban J connectivity index is 1.63. The largest absolute Gasteiger partial charge is 0.388 e. The third-order valence-corrected chi connectivity index (χ3v) is 3.90. The van der Waals surface area contributed by atoms with Gasteiger partial charge in [-0.15, -0.1) is 0 Å². The predicted molar refractivity (Wildman–Crippen MR) is 65.5 cm³/mol. The Kier molecular flexibility index (Phi) is 4.01. The van der Waals surface area contributed by atoms with Crippen molar-refractivity contribution in [1.82, 2.24) is 10.2 Å². The first-order chi connectivity index (χ1) is 8.07. The van der Waals surface area contributed by atoms with Gasteiger partial charge in [0.15, 0.2) is 0 Å². The summed E-state index contributed by atoms with van der Waals surface area (Å²) in [6, 6.07) is 0.296. The minimum absolute atomic E-state index is 0.0146. The van der Waals surface area contributed by atoms with Crippen molar-refractivity contribution < 1.29 is 9.90 Å². The maximum absolute atomic E-state index is 11.7. The predicted octanol–water partition coefficient (Wildman–Crippen LogP) is -0.559. The molecule has 1 saturated heterocycles. The molecule has 1 amide bonds. The Hall–Kier alpha value is -0.650. The van der Waals surface area contributed by atoms with E-state index in [0.29, 0.717) is 19.1 Å². The van der Waals surface area contributed by atoms with Crippen LogP contribution in [-0.4, -0.2) is 53.7 Å². The third kappa shape index (κ3) is 3.66. The molecule has 4 N–H and O–H groups in total. The van der Waals surface area contributed by atoms with E-state index in [4.69, 9.17) is 5.73 Å². The smallest absolute Gasteiger partial charge is 0.234 e. The van der Waals surface area contributed by atoms with Crippen molar-refractivity contribution in [1.29, 1.82) is 0 Å². The number of hydrogen-bond donors (Lipinski definition) is 3. The summed E-state index contributed by atoms with van der Waals surface area (Å²) in [6.45, 7) is 2.64. The molecule has 0 radical (unpaired) electrons. The van der Waals surface area contributed by atoms with Crippen LogP contribution in [0.15, 0.2) is 0 Å². The van der Waals surface area contributed by atoms with Crippen molar-refractivity contribution in [2.24, 2.45) is 5.73 Å². The number of likely N-dealkylation sites (tertiary alicyclic amines) is 1. The van der Waals surface area contributed by atoms with Crippen LogP contribution >= 0.6 is 0 Å². The monoisotopic (exact) mass is 241 g/mol. The van der Waals surface area contributed by atoms with Gasteiger partial charge in [-0.25, -0.2) is 0 Å². The second kappa shape index (κ2) is 5.33. The van der Waals surface area contributed by atoms with E-state index in [9.17, 15) is 9.90 Å². The summed E-state index contributed by atoms with van der Waals surface area (Å²) in [5.74, 6) is 0.0146. The van der Waals surface area contributed by atoms with Gasteiger partial charge in [-0.2, -0.15) is 0 Å². The van der Waals surface area contributed by atoms with Gasteiger partial charge in [0.25, 0.3) is 0 Å². The van der Waals surface area contributed by atoms with Crippen LogP contribution in [-0.2, 0) is 4.79 Å². The van der Waals surface area contributed by atoms with Gasteiger partial charge in [-0.3, -0.25) is 9.69 Å². The van der Waals surface area contributed by atoms with Gasteiger partial charge >= 0.3 is 0 Å². The lowest BCUT2D eigenvalue weighted by molar-refractivity contribution is -0.124. The summed E-state index contributed by atoms with van der Waals surface area (Å²) in [5, 5.41) is 12.7. The Morgan fingerprint density at radius 2 is 2.06 bits per heavy atom. The Bertz CT molecular complexity index is 271. The Morgan fingerprint density at radius 1 is 1.41 bits per heavy atom. The maximum Gasteiger partial charge on any atom is 0.234 e. The molecule has 0 unspecified atom stereocenters. The molecule has 1 aliphatic heterocycles. The van der Waals surface area contributed by atoms with Crippen LogP contribution in [0, 0.1) is 0 Å². The number of aliphatic hydroxyl groups is 1. The van der Waals surface area contributed by atoms with Crippen molar-refractivity contribution in [3.8, 4) is 0 Å². The van der Waals surface area contributed by atoms with Gasteiger partial charge < -0.3 is 16.2 Å². The van der Waals surface area contributed by atoms with Crippen LogP contribution in [0.1, 0.15) is 32.1 Å². The van der Waals surface area contributed by atoms with Gasteiger partial charge in [0, 0.05) is 25.7 Å². The number of rotatable bonds is 4. The average molecular weight is 241 g/mol. The van der Waals surface area contributed by atoms with Gasteiger partial charge in [0.05, 0.1) is 12.1 Å². The lowest BCUT2D eigenvalue weighted by Crippen LogP contribution is -2.50. The number of carbonyl (C=O) groups excluding carboxylic acids is 1. The summed E-state index contributed by atoms with van der Waals surface area (Å²) in [6.07, 6.45) is 4.63. The summed E-state index contributed by atoms with van der Waals surface area (Å²) in [5.41, 5.74) is 5.18. The molecule has 1 saturated carbocycles. The summed E-state index contributed by atoms with van der Waals surface area (Å²) >= 11 is 0. The molecular formula is C12H23N3O2. The first-order valence-electron chi connectivity index (χ1n) is 6.54. The number of carbonyl (C=O) groups is 1. The van der Waals surface area contributed by atoms with Gasteiger partial charge in [0.2, 0.25) is 5.91 Å². The number of nitrogens with two attached hydrogens (primary N) is 1. The molecule has 0 bridgehead atoms. The van der Waals surface area contributed by atoms with Gasteiger partial charge in [-0.1, -0.05) is 0 Å². The van der Waals surface area contributed by atoms with E-state index >= 15 is 0 Å². The van der Waals surface area contributed by atoms with Crippen LogP contribution in [0.25, 0.3) is 0 Å². The standard InChI is InChI=1S/C12H23N3O2/c13-10-2-6-15(7-3-10)8-11(16)14-9-12(17)4-1-5-12/h10,17H,1-9,13H2,(H,14,16). The lowest BCUT2D eigenvalue weighted by Gasteiger charge is -2.37. The zero-order valence-corrected chi connectivity index (χ0v) is 10.3. The minimum Gasteiger partial charge on any atom is -0.388 e. The van der Waals surface area contributed by atoms with Gasteiger partial charge in [0.1, 0.15) is 0 Å². The normalized spacial score (nSPS) is 25.3. The number of hydrogen-bond acceptors (Lipinski definition) is 4. The quantitative estimate of drug-likeness (QED) is 0.616. The molecule has 1 aliphatic carbocycles. The van der Waals surface area contributed by atoms with Crippen molar-refractivity contribution in [3.63, 3.8) is 0 Å². The van der Waals surface area contributed by atoms with Crippen LogP contribution in [0.4, 0.5) is 0 Å². The highest BCUT2D eigenvalue weighted by Crippen LogP contribution is 2.30. The highest BCUT2D eigenvalue weighted by atomic mass is 16.3. The van der Waals surface area contributed by atoms with Crippen molar-refractivity contribution in [2.75, 3.05) is 26.2 Å². The van der Waals surface area contributed by atoms with E-state index in [0.717, 1.165) is 45.2 Å². The lowest BCUT2D eigenvalue weighted by atomic mass is 9.80. The molecule has 2 rings (SSSR count). The molecular weight excluding hydrogens is 218 g/mol. The zero-order valence-electron chi connectivity index (χ0n) is 10.3. The van der Waals surface area contributed by atoms with Crippen LogP contribution in [0.3, 0.4) is 0 Å². The fourth-order valence-electron chi connectivity index (χ4n) is 2.39. The van der Waals surface area contributed by atoms with Crippen molar-refractivity contribution >= 4 is 5.91 Å². The molecule has 0 aromatic heterocycles. The van der Waals surface area contributed by atoms with Crippen LogP contribution in [0.5, 0.6) is 0 Å². The van der Waals surface area contributed by atoms with Crippen molar-refractivity contribution in [3.05, 3.63) is 0 Å². The molecule has 0 aromatic rings. The molecule has 0 aromatic carbocycles. The molecule has 0 spiro atoms. The average Bonchev–Trinajstić information content (AvgIpc) is 2.27. The summed E-state index contributed by atoms with van der Waals surface area (Å²) in [4.78, 5) is 13.8. The first-order valence-corrected chi connectivity index (χ1v) is 6.54. The van der Waals surface area contributed by atoms with Gasteiger partial charge in [-0.05, 0) is 32.1 Å². The molecule has 5 nitrogen and oxygen atoms in total. The number of piperidine rings is 1. The summed E-state index contributed by atoms with van der Waals surface area (Å²) in [7, 11) is 0. The van der Waals surface area contributed by atoms with E-state index < -0.39 is 5.60 Å². The number of amides is 1. The number of nitrogens with zero attached hydrogens (tertiary/aromatic N) is 1. The summed E-state index contributed by atoms with van der Waals surface area (Å²) < 4.78 is 0. The maximum atomic E-state index is 11.7. The fourth-order valence-corrected chi connectivity index (χ4v) is 2.39. The molecule has 2 aliphatic rings. The number of nitrogens with one attached hydrogen (secondary N) is 1. The van der Waals surface area contributed by atoms with E-state index in [1.807, 2.05) is 0 Å². The Morgan fingerprint density at radius 3 is 2.59 bits per heavy atom. The van der Waals surface area contributed by atoms with Crippen molar-refractivity contribution in [2.45, 2.75) is 43.7 Å². The highest BCUT2D eigenvalue weighted by Gasteiger charge is 2.34. The molecule has 98 valence electrons. The Labute approximate surface area is 102 Å². The van der Waals surface area contributed by atoms with E-state index in [-0.39, 0.29) is 5.91 Å². The topological polar surface area (TPSA) is 78.6 Å². The molecule has 2 fully saturated rings. The minimum atomic E-state index is -0.625. The van der Waals surface area contributed by atoms with E-state index in [1.165, 1.54) is 0 Å². The molecule has 17 heavy (non-hydrogen) atoms. The first kappa shape index (κ1) is 12.8. The van der Waals surface area contributed by atoms with Crippen LogP contribution in [0.2, 0.25) is 0 Å². The SMILES string of the molecule is NC1CCN(CC(=O)NCC2(O)CCC2)CC1. The molecule has 0 atom stereocenters. The second-order valence-electron chi connectivity index (χ2n) is 5.47. The van der Waals surface area contributed by atoms with E-state index in [2.05, 4.69) is 10.2 Å². The zero-order chi connectivity index (χ0) is 12.3.